The zero-order valence-electron chi connectivity index (χ0n) is 9.26. The molecule has 0 aromatic heterocycles. The van der Waals surface area contributed by atoms with Crippen molar-refractivity contribution in [3.05, 3.63) is 34.6 Å². The maximum Gasteiger partial charge on any atom is 0.146 e. The zero-order chi connectivity index (χ0) is 12.0. The maximum atomic E-state index is 13.5. The van der Waals surface area contributed by atoms with E-state index in [2.05, 4.69) is 18.2 Å². The molecule has 0 amide bonds. The molecule has 16 heavy (non-hydrogen) atoms. The molecular formula is C13H15ClFN. The van der Waals surface area contributed by atoms with Gasteiger partial charge in [-0.2, -0.15) is 0 Å². The van der Waals surface area contributed by atoms with E-state index in [9.17, 15) is 4.39 Å². The first-order chi connectivity index (χ1) is 7.69. The van der Waals surface area contributed by atoms with Crippen LogP contribution in [0.2, 0.25) is 5.02 Å². The predicted molar refractivity (Wildman–Crippen MR) is 65.8 cm³/mol. The van der Waals surface area contributed by atoms with Crippen molar-refractivity contribution in [2.75, 3.05) is 0 Å². The summed E-state index contributed by atoms with van der Waals surface area (Å²) in [5.74, 6) is 2.27. The van der Waals surface area contributed by atoms with Gasteiger partial charge in [0.05, 0.1) is 11.1 Å². The molecule has 1 unspecified atom stereocenters. The molecule has 1 aromatic rings. The molecule has 0 aliphatic rings. The number of hydrogen-bond acceptors (Lipinski definition) is 1. The molecule has 0 radical (unpaired) electrons. The third-order valence-corrected chi connectivity index (χ3v) is 2.64. The Balaban J connectivity index is 2.61. The summed E-state index contributed by atoms with van der Waals surface area (Å²) in [7, 11) is 0. The molecule has 0 fully saturated rings. The van der Waals surface area contributed by atoms with Crippen LogP contribution >= 0.6 is 11.6 Å². The van der Waals surface area contributed by atoms with Crippen LogP contribution in [-0.2, 0) is 6.54 Å². The van der Waals surface area contributed by atoms with Crippen LogP contribution in [0.3, 0.4) is 0 Å². The fraction of sp³-hybridized carbons (Fsp3) is 0.385. The minimum absolute atomic E-state index is 0.0108. The Hall–Kier alpha value is -1.04. The van der Waals surface area contributed by atoms with Crippen molar-refractivity contribution in [2.45, 2.75) is 32.4 Å². The minimum Gasteiger partial charge on any atom is -0.299 e. The lowest BCUT2D eigenvalue weighted by Gasteiger charge is -2.12. The number of nitrogens with one attached hydrogen (secondary N) is 1. The summed E-state index contributed by atoms with van der Waals surface area (Å²) >= 11 is 5.68. The topological polar surface area (TPSA) is 12.0 Å². The van der Waals surface area contributed by atoms with Gasteiger partial charge in [0.1, 0.15) is 5.82 Å². The number of halogens is 2. The Kier molecular flexibility index (Phi) is 5.31. The van der Waals surface area contributed by atoms with Crippen LogP contribution in [0.5, 0.6) is 0 Å². The van der Waals surface area contributed by atoms with Crippen LogP contribution in [0.15, 0.2) is 18.2 Å². The van der Waals surface area contributed by atoms with Gasteiger partial charge in [-0.1, -0.05) is 43.0 Å². The highest BCUT2D eigenvalue weighted by atomic mass is 35.5. The average Bonchev–Trinajstić information content (AvgIpc) is 2.29. The van der Waals surface area contributed by atoms with E-state index < -0.39 is 0 Å². The summed E-state index contributed by atoms with van der Waals surface area (Å²) in [6, 6.07) is 4.95. The van der Waals surface area contributed by atoms with Crippen LogP contribution in [0.4, 0.5) is 4.39 Å². The van der Waals surface area contributed by atoms with Crippen LogP contribution in [0.1, 0.15) is 25.3 Å². The number of terminal acetylenes is 1. The van der Waals surface area contributed by atoms with Gasteiger partial charge < -0.3 is 0 Å². The van der Waals surface area contributed by atoms with Crippen LogP contribution in [0.25, 0.3) is 0 Å². The van der Waals surface area contributed by atoms with E-state index in [1.165, 1.54) is 6.07 Å². The summed E-state index contributed by atoms with van der Waals surface area (Å²) in [5, 5.41) is 3.27. The van der Waals surface area contributed by atoms with Gasteiger partial charge in [-0.25, -0.2) is 4.39 Å². The van der Waals surface area contributed by atoms with Gasteiger partial charge in [0.15, 0.2) is 0 Å². The molecule has 0 aliphatic heterocycles. The molecule has 0 bridgehead atoms. The van der Waals surface area contributed by atoms with E-state index in [1.807, 2.05) is 0 Å². The average molecular weight is 240 g/mol. The number of rotatable bonds is 5. The lowest BCUT2D eigenvalue weighted by molar-refractivity contribution is 0.540. The zero-order valence-corrected chi connectivity index (χ0v) is 10.0. The summed E-state index contributed by atoms with van der Waals surface area (Å²) in [5.41, 5.74) is 0.545. The largest absolute Gasteiger partial charge is 0.299 e. The van der Waals surface area contributed by atoms with Gasteiger partial charge in [-0.05, 0) is 12.5 Å². The standard InChI is InChI=1S/C13H15ClFN/c1-3-6-11(4-2)16-9-10-7-5-8-12(14)13(10)15/h2,5,7-8,11,16H,3,6,9H2,1H3. The van der Waals surface area contributed by atoms with Gasteiger partial charge in [0, 0.05) is 12.1 Å². The molecule has 1 nitrogen and oxygen atoms in total. The summed E-state index contributed by atoms with van der Waals surface area (Å²) < 4.78 is 13.5. The summed E-state index contributed by atoms with van der Waals surface area (Å²) in [6.45, 7) is 2.47. The Morgan fingerprint density at radius 1 is 1.56 bits per heavy atom. The molecule has 0 aliphatic carbocycles. The van der Waals surface area contributed by atoms with E-state index in [4.69, 9.17) is 18.0 Å². The fourth-order valence-electron chi connectivity index (χ4n) is 1.45. The van der Waals surface area contributed by atoms with Crippen molar-refractivity contribution >= 4 is 11.6 Å². The van der Waals surface area contributed by atoms with E-state index in [1.54, 1.807) is 12.1 Å². The minimum atomic E-state index is -0.371. The van der Waals surface area contributed by atoms with E-state index in [0.717, 1.165) is 12.8 Å². The fourth-order valence-corrected chi connectivity index (χ4v) is 1.65. The van der Waals surface area contributed by atoms with Crippen molar-refractivity contribution in [1.29, 1.82) is 0 Å². The van der Waals surface area contributed by atoms with Crippen LogP contribution in [0, 0.1) is 18.2 Å². The first kappa shape index (κ1) is 13.0. The number of benzene rings is 1. The Bertz CT molecular complexity index is 384. The van der Waals surface area contributed by atoms with E-state index >= 15 is 0 Å². The molecule has 1 rings (SSSR count). The van der Waals surface area contributed by atoms with E-state index in [-0.39, 0.29) is 16.9 Å². The SMILES string of the molecule is C#CC(CCC)NCc1cccc(Cl)c1F. The van der Waals surface area contributed by atoms with Gasteiger partial charge in [0.2, 0.25) is 0 Å². The smallest absolute Gasteiger partial charge is 0.146 e. The second-order valence-corrected chi connectivity index (χ2v) is 4.01. The second-order valence-electron chi connectivity index (χ2n) is 3.60. The second kappa shape index (κ2) is 6.52. The molecule has 0 saturated heterocycles. The third-order valence-electron chi connectivity index (χ3n) is 2.35. The van der Waals surface area contributed by atoms with Crippen molar-refractivity contribution in [2.24, 2.45) is 0 Å². The van der Waals surface area contributed by atoms with Crippen molar-refractivity contribution in [3.8, 4) is 12.3 Å². The molecule has 86 valence electrons. The van der Waals surface area contributed by atoms with Crippen LogP contribution in [-0.4, -0.2) is 6.04 Å². The van der Waals surface area contributed by atoms with Gasteiger partial charge in [-0.3, -0.25) is 5.32 Å². The predicted octanol–water partition coefficient (Wildman–Crippen LogP) is 3.37. The van der Waals surface area contributed by atoms with Crippen molar-refractivity contribution < 1.29 is 4.39 Å². The molecule has 1 aromatic carbocycles. The molecule has 1 atom stereocenters. The first-order valence-electron chi connectivity index (χ1n) is 5.31. The highest BCUT2D eigenvalue weighted by Gasteiger charge is 2.08. The maximum absolute atomic E-state index is 13.5. The van der Waals surface area contributed by atoms with E-state index in [0.29, 0.717) is 12.1 Å². The third kappa shape index (κ3) is 3.52. The molecule has 3 heteroatoms. The summed E-state index contributed by atoms with van der Waals surface area (Å²) in [4.78, 5) is 0. The molecular weight excluding hydrogens is 225 g/mol. The lowest BCUT2D eigenvalue weighted by Crippen LogP contribution is -2.27. The number of hydrogen-bond donors (Lipinski definition) is 1. The van der Waals surface area contributed by atoms with Gasteiger partial charge in [0.25, 0.3) is 0 Å². The Morgan fingerprint density at radius 2 is 2.31 bits per heavy atom. The molecule has 1 N–H and O–H groups in total. The highest BCUT2D eigenvalue weighted by Crippen LogP contribution is 2.17. The lowest BCUT2D eigenvalue weighted by atomic mass is 10.1. The van der Waals surface area contributed by atoms with Crippen LogP contribution < -0.4 is 5.32 Å². The highest BCUT2D eigenvalue weighted by molar-refractivity contribution is 6.30. The Labute approximate surface area is 101 Å². The quantitative estimate of drug-likeness (QED) is 0.777. The van der Waals surface area contributed by atoms with Gasteiger partial charge >= 0.3 is 0 Å². The van der Waals surface area contributed by atoms with Crippen molar-refractivity contribution in [3.63, 3.8) is 0 Å². The monoisotopic (exact) mass is 239 g/mol. The summed E-state index contributed by atoms with van der Waals surface area (Å²) in [6.07, 6.45) is 7.25. The molecule has 0 spiro atoms. The van der Waals surface area contributed by atoms with Gasteiger partial charge in [-0.15, -0.1) is 6.42 Å². The molecule has 0 saturated carbocycles. The molecule has 0 heterocycles. The Morgan fingerprint density at radius 3 is 2.94 bits per heavy atom. The first-order valence-corrected chi connectivity index (χ1v) is 5.69. The van der Waals surface area contributed by atoms with Crippen molar-refractivity contribution in [1.82, 2.24) is 5.32 Å². The normalized spacial score (nSPS) is 12.1.